The van der Waals surface area contributed by atoms with Crippen LogP contribution in [0.5, 0.6) is 5.75 Å². The Balaban J connectivity index is 1.65. The van der Waals surface area contributed by atoms with Gasteiger partial charge < -0.3 is 14.5 Å². The standard InChI is InChI=1S/C23H16N4O5S/c1-13-7-19(27(29)30)21(31-2)9-17(13)25-11-15(10-24)22-26-18(12-33-22)16-8-14-5-3-4-6-20(14)32-23(16)28/h3-9,11-12,25H,1-2H3/b15-11+. The van der Waals surface area contributed by atoms with Crippen LogP contribution < -0.4 is 15.7 Å². The van der Waals surface area contributed by atoms with E-state index in [-0.39, 0.29) is 17.0 Å². The number of nitro groups is 1. The average molecular weight is 460 g/mol. The Labute approximate surface area is 191 Å². The zero-order chi connectivity index (χ0) is 23.5. The Morgan fingerprint density at radius 3 is 2.85 bits per heavy atom. The highest BCUT2D eigenvalue weighted by molar-refractivity contribution is 7.11. The number of anilines is 1. The van der Waals surface area contributed by atoms with E-state index in [0.29, 0.717) is 33.1 Å². The molecule has 2 aromatic carbocycles. The molecule has 0 atom stereocenters. The highest BCUT2D eigenvalue weighted by Crippen LogP contribution is 2.33. The van der Waals surface area contributed by atoms with Gasteiger partial charge in [0, 0.05) is 34.8 Å². The van der Waals surface area contributed by atoms with Crippen molar-refractivity contribution < 1.29 is 14.1 Å². The predicted octanol–water partition coefficient (Wildman–Crippen LogP) is 5.12. The Bertz CT molecular complexity index is 1510. The molecule has 164 valence electrons. The smallest absolute Gasteiger partial charge is 0.345 e. The molecule has 0 aliphatic heterocycles. The summed E-state index contributed by atoms with van der Waals surface area (Å²) in [6, 6.07) is 13.8. The zero-order valence-electron chi connectivity index (χ0n) is 17.5. The van der Waals surface area contributed by atoms with Gasteiger partial charge in [0.2, 0.25) is 0 Å². The number of nitriles is 1. The summed E-state index contributed by atoms with van der Waals surface area (Å²) in [4.78, 5) is 27.5. The van der Waals surface area contributed by atoms with Gasteiger partial charge in [-0.1, -0.05) is 18.2 Å². The maximum atomic E-state index is 12.4. The molecule has 0 spiro atoms. The van der Waals surface area contributed by atoms with Crippen LogP contribution in [0.3, 0.4) is 0 Å². The Hall–Kier alpha value is -4.49. The van der Waals surface area contributed by atoms with Gasteiger partial charge in [0.25, 0.3) is 0 Å². The summed E-state index contributed by atoms with van der Waals surface area (Å²) < 4.78 is 10.5. The number of benzene rings is 2. The van der Waals surface area contributed by atoms with Crippen LogP contribution in [0.25, 0.3) is 27.8 Å². The monoisotopic (exact) mass is 460 g/mol. The van der Waals surface area contributed by atoms with Crippen LogP contribution in [0, 0.1) is 28.4 Å². The van der Waals surface area contributed by atoms with E-state index in [9.17, 15) is 20.2 Å². The number of thiazole rings is 1. The van der Waals surface area contributed by atoms with E-state index in [0.717, 1.165) is 5.39 Å². The largest absolute Gasteiger partial charge is 0.490 e. The first kappa shape index (κ1) is 21.7. The summed E-state index contributed by atoms with van der Waals surface area (Å²) in [6.07, 6.45) is 1.46. The second-order valence-electron chi connectivity index (χ2n) is 6.93. The third kappa shape index (κ3) is 4.30. The summed E-state index contributed by atoms with van der Waals surface area (Å²) in [5.74, 6) is 0.0968. The van der Waals surface area contributed by atoms with Crippen molar-refractivity contribution in [1.29, 1.82) is 5.26 Å². The summed E-state index contributed by atoms with van der Waals surface area (Å²) in [5, 5.41) is 26.6. The number of methoxy groups -OCH3 is 1. The molecule has 4 rings (SSSR count). The van der Waals surface area contributed by atoms with Gasteiger partial charge in [0.05, 0.1) is 23.3 Å². The molecular formula is C23H16N4O5S. The first-order valence-electron chi connectivity index (χ1n) is 9.60. The van der Waals surface area contributed by atoms with Crippen molar-refractivity contribution in [3.05, 3.63) is 85.2 Å². The first-order valence-corrected chi connectivity index (χ1v) is 10.5. The Kier molecular flexibility index (Phi) is 5.89. The number of hydrogen-bond donors (Lipinski definition) is 1. The van der Waals surface area contributed by atoms with Gasteiger partial charge in [-0.15, -0.1) is 11.3 Å². The molecule has 4 aromatic rings. The molecule has 33 heavy (non-hydrogen) atoms. The number of para-hydroxylation sites is 1. The minimum Gasteiger partial charge on any atom is -0.490 e. The average Bonchev–Trinajstić information content (AvgIpc) is 3.29. The number of aryl methyl sites for hydroxylation is 1. The molecule has 0 amide bonds. The Morgan fingerprint density at radius 2 is 2.12 bits per heavy atom. The SMILES string of the molecule is COc1cc(N/C=C(\C#N)c2nc(-c3cc4ccccc4oc3=O)cs2)c(C)cc1[N+](=O)[O-]. The number of rotatable bonds is 6. The van der Waals surface area contributed by atoms with Gasteiger partial charge in [-0.25, -0.2) is 9.78 Å². The number of hydrogen-bond acceptors (Lipinski definition) is 9. The van der Waals surface area contributed by atoms with Crippen LogP contribution in [0.4, 0.5) is 11.4 Å². The molecule has 0 unspecified atom stereocenters. The van der Waals surface area contributed by atoms with Gasteiger partial charge >= 0.3 is 11.3 Å². The second-order valence-corrected chi connectivity index (χ2v) is 7.79. The van der Waals surface area contributed by atoms with E-state index in [1.165, 1.54) is 36.8 Å². The van der Waals surface area contributed by atoms with Gasteiger partial charge in [-0.05, 0) is 24.6 Å². The fraction of sp³-hybridized carbons (Fsp3) is 0.0870. The summed E-state index contributed by atoms with van der Waals surface area (Å²) >= 11 is 1.21. The highest BCUT2D eigenvalue weighted by atomic mass is 32.1. The van der Waals surface area contributed by atoms with Crippen LogP contribution in [-0.4, -0.2) is 17.0 Å². The van der Waals surface area contributed by atoms with Crippen molar-refractivity contribution in [2.45, 2.75) is 6.92 Å². The van der Waals surface area contributed by atoms with E-state index in [1.807, 2.05) is 12.1 Å². The van der Waals surface area contributed by atoms with Gasteiger partial charge in [0.1, 0.15) is 22.2 Å². The van der Waals surface area contributed by atoms with Crippen molar-refractivity contribution in [1.82, 2.24) is 4.98 Å². The molecule has 2 heterocycles. The fourth-order valence-corrected chi connectivity index (χ4v) is 3.97. The molecule has 0 saturated carbocycles. The normalized spacial score (nSPS) is 11.2. The van der Waals surface area contributed by atoms with Crippen molar-refractivity contribution >= 4 is 39.3 Å². The quantitative estimate of drug-likeness (QED) is 0.182. The number of aromatic nitrogens is 1. The molecule has 2 aromatic heterocycles. The van der Waals surface area contributed by atoms with Crippen molar-refractivity contribution in [3.8, 4) is 23.1 Å². The minimum atomic E-state index is -0.521. The lowest BCUT2D eigenvalue weighted by Crippen LogP contribution is -2.03. The third-order valence-electron chi connectivity index (χ3n) is 4.87. The summed E-state index contributed by atoms with van der Waals surface area (Å²) in [7, 11) is 1.35. The maximum Gasteiger partial charge on any atom is 0.345 e. The maximum absolute atomic E-state index is 12.4. The molecule has 0 saturated heterocycles. The molecule has 0 aliphatic carbocycles. The molecule has 0 aliphatic rings. The molecule has 0 radical (unpaired) electrons. The fourth-order valence-electron chi connectivity index (χ4n) is 3.19. The molecule has 0 fully saturated rings. The van der Waals surface area contributed by atoms with Gasteiger partial charge in [-0.2, -0.15) is 5.26 Å². The molecular weight excluding hydrogens is 444 g/mol. The minimum absolute atomic E-state index is 0.0968. The van der Waals surface area contributed by atoms with Gasteiger partial charge in [-0.3, -0.25) is 10.1 Å². The summed E-state index contributed by atoms with van der Waals surface area (Å²) in [6.45, 7) is 1.70. The second kappa shape index (κ2) is 8.94. The van der Waals surface area contributed by atoms with E-state index < -0.39 is 10.5 Å². The predicted molar refractivity (Wildman–Crippen MR) is 125 cm³/mol. The number of nitrogens with zero attached hydrogens (tertiary/aromatic N) is 3. The van der Waals surface area contributed by atoms with Crippen LogP contribution in [0.1, 0.15) is 10.6 Å². The van der Waals surface area contributed by atoms with Crippen LogP contribution in [-0.2, 0) is 0 Å². The van der Waals surface area contributed by atoms with Crippen LogP contribution >= 0.6 is 11.3 Å². The van der Waals surface area contributed by atoms with Gasteiger partial charge in [0.15, 0.2) is 5.75 Å². The molecule has 9 nitrogen and oxygen atoms in total. The number of ether oxygens (including phenoxy) is 1. The third-order valence-corrected chi connectivity index (χ3v) is 5.74. The van der Waals surface area contributed by atoms with Crippen molar-refractivity contribution in [2.24, 2.45) is 0 Å². The zero-order valence-corrected chi connectivity index (χ0v) is 18.3. The van der Waals surface area contributed by atoms with Crippen molar-refractivity contribution in [3.63, 3.8) is 0 Å². The highest BCUT2D eigenvalue weighted by Gasteiger charge is 2.18. The number of fused-ring (bicyclic) bond motifs is 1. The van der Waals surface area contributed by atoms with Crippen LogP contribution in [0.2, 0.25) is 0 Å². The van der Waals surface area contributed by atoms with E-state index in [2.05, 4.69) is 16.4 Å². The topological polar surface area (TPSA) is 131 Å². The molecule has 0 bridgehead atoms. The lowest BCUT2D eigenvalue weighted by atomic mass is 10.1. The first-order chi connectivity index (χ1) is 15.9. The van der Waals surface area contributed by atoms with E-state index >= 15 is 0 Å². The van der Waals surface area contributed by atoms with E-state index in [1.54, 1.807) is 30.5 Å². The number of nitrogens with one attached hydrogen (secondary N) is 1. The Morgan fingerprint density at radius 1 is 1.33 bits per heavy atom. The lowest BCUT2D eigenvalue weighted by molar-refractivity contribution is -0.385. The molecule has 10 heteroatoms. The van der Waals surface area contributed by atoms with E-state index in [4.69, 9.17) is 9.15 Å². The lowest BCUT2D eigenvalue weighted by Gasteiger charge is -2.09. The number of allylic oxidation sites excluding steroid dienone is 1. The molecule has 1 N–H and O–H groups in total. The summed E-state index contributed by atoms with van der Waals surface area (Å²) in [5.41, 5.74) is 1.90. The van der Waals surface area contributed by atoms with Crippen molar-refractivity contribution in [2.75, 3.05) is 12.4 Å². The van der Waals surface area contributed by atoms with Crippen LogP contribution in [0.15, 0.2) is 63.3 Å². The number of nitro benzene ring substituents is 1.